The Morgan fingerprint density at radius 2 is 2.35 bits per heavy atom. The minimum absolute atomic E-state index is 0.296. The van der Waals surface area contributed by atoms with E-state index in [-0.39, 0.29) is 0 Å². The van der Waals surface area contributed by atoms with E-state index in [4.69, 9.17) is 22.7 Å². The molecule has 0 spiro atoms. The molecule has 1 rings (SSSR count). The number of pyridine rings is 1. The lowest BCUT2D eigenvalue weighted by atomic mass is 10.2. The van der Waals surface area contributed by atoms with Crippen LogP contribution in [0.5, 0.6) is 0 Å². The molecule has 0 aliphatic heterocycles. The van der Waals surface area contributed by atoms with Gasteiger partial charge in [0.1, 0.15) is 0 Å². The van der Waals surface area contributed by atoms with Gasteiger partial charge in [0.2, 0.25) is 0 Å². The summed E-state index contributed by atoms with van der Waals surface area (Å²) in [7, 11) is 1.62. The molecule has 0 radical (unpaired) electrons. The van der Waals surface area contributed by atoms with Gasteiger partial charge in [-0.25, -0.2) is 0 Å². The zero-order valence-corrected chi connectivity index (χ0v) is 12.4. The summed E-state index contributed by atoms with van der Waals surface area (Å²) in [4.78, 5) is 8.31. The summed E-state index contributed by atoms with van der Waals surface area (Å²) < 4.78 is 4.87. The highest BCUT2D eigenvalue weighted by molar-refractivity contribution is 7.80. The van der Waals surface area contributed by atoms with Gasteiger partial charge in [-0.15, -0.1) is 0 Å². The number of nitrogens with one attached hydrogen (secondary N) is 2. The third kappa shape index (κ3) is 7.65. The molecule has 0 fully saturated rings. The number of rotatable bonds is 7. The largest absolute Gasteiger partial charge is 0.383 e. The highest BCUT2D eigenvalue weighted by Crippen LogP contribution is 1.96. The number of methoxy groups -OCH3 is 1. The molecule has 1 aromatic heterocycles. The fourth-order valence-electron chi connectivity index (χ4n) is 1.47. The molecule has 0 atom stereocenters. The highest BCUT2D eigenvalue weighted by Gasteiger charge is 1.98. The molecule has 0 unspecified atom stereocenters. The number of guanidine groups is 1. The number of ether oxygens (including phenoxy) is 1. The van der Waals surface area contributed by atoms with Crippen molar-refractivity contribution in [3.8, 4) is 0 Å². The van der Waals surface area contributed by atoms with Gasteiger partial charge in [-0.2, -0.15) is 0 Å². The summed E-state index contributed by atoms with van der Waals surface area (Å²) in [6, 6.07) is 5.91. The van der Waals surface area contributed by atoms with Crippen molar-refractivity contribution in [2.75, 3.05) is 26.8 Å². The minimum Gasteiger partial charge on any atom is -0.383 e. The molecule has 1 aromatic rings. The van der Waals surface area contributed by atoms with Gasteiger partial charge in [0, 0.05) is 25.5 Å². The second-order valence-electron chi connectivity index (χ2n) is 4.07. The first kappa shape index (κ1) is 16.3. The van der Waals surface area contributed by atoms with Crippen LogP contribution in [0.4, 0.5) is 0 Å². The van der Waals surface area contributed by atoms with Crippen LogP contribution in [0.3, 0.4) is 0 Å². The Morgan fingerprint density at radius 1 is 1.50 bits per heavy atom. The van der Waals surface area contributed by atoms with Crippen LogP contribution in [0.1, 0.15) is 12.1 Å². The minimum atomic E-state index is 0.296. The highest BCUT2D eigenvalue weighted by atomic mass is 32.1. The topological polar surface area (TPSA) is 84.6 Å². The molecule has 0 saturated carbocycles. The summed E-state index contributed by atoms with van der Waals surface area (Å²) in [6.45, 7) is 1.80. The van der Waals surface area contributed by atoms with E-state index in [0.717, 1.165) is 25.1 Å². The van der Waals surface area contributed by atoms with Gasteiger partial charge in [-0.1, -0.05) is 6.07 Å². The number of aromatic nitrogens is 1. The zero-order valence-electron chi connectivity index (χ0n) is 11.6. The van der Waals surface area contributed by atoms with Crippen LogP contribution in [-0.4, -0.2) is 42.9 Å². The first-order chi connectivity index (χ1) is 9.72. The van der Waals surface area contributed by atoms with E-state index >= 15 is 0 Å². The molecule has 0 bridgehead atoms. The number of aryl methyl sites for hydroxylation is 1. The number of hydrogen-bond donors (Lipinski definition) is 3. The molecule has 110 valence electrons. The third-order valence-electron chi connectivity index (χ3n) is 2.44. The Kier molecular flexibility index (Phi) is 8.25. The predicted molar refractivity (Wildman–Crippen MR) is 84.7 cm³/mol. The van der Waals surface area contributed by atoms with Crippen LogP contribution in [0.15, 0.2) is 29.4 Å². The van der Waals surface area contributed by atoms with Crippen molar-refractivity contribution in [3.63, 3.8) is 0 Å². The number of nitrogens with zero attached hydrogens (tertiary/aromatic N) is 2. The average molecular weight is 295 g/mol. The van der Waals surface area contributed by atoms with Crippen LogP contribution in [-0.2, 0) is 11.2 Å². The molecule has 0 aliphatic carbocycles. The van der Waals surface area contributed by atoms with Crippen LogP contribution in [0, 0.1) is 0 Å². The normalized spacial score (nSPS) is 11.2. The van der Waals surface area contributed by atoms with Crippen LogP contribution in [0.2, 0.25) is 0 Å². The second-order valence-corrected chi connectivity index (χ2v) is 4.47. The van der Waals surface area contributed by atoms with E-state index in [2.05, 4.69) is 20.6 Å². The van der Waals surface area contributed by atoms with Crippen molar-refractivity contribution < 1.29 is 4.74 Å². The zero-order chi connectivity index (χ0) is 14.6. The van der Waals surface area contributed by atoms with Crippen molar-refractivity contribution >= 4 is 23.3 Å². The average Bonchev–Trinajstić information content (AvgIpc) is 2.45. The van der Waals surface area contributed by atoms with Crippen LogP contribution in [0.25, 0.3) is 0 Å². The Balaban J connectivity index is 2.12. The monoisotopic (exact) mass is 295 g/mol. The molecule has 7 heteroatoms. The van der Waals surface area contributed by atoms with Crippen molar-refractivity contribution in [2.24, 2.45) is 10.7 Å². The molecule has 4 N–H and O–H groups in total. The molecule has 1 heterocycles. The fourth-order valence-corrected chi connectivity index (χ4v) is 1.68. The molecule has 0 saturated heterocycles. The van der Waals surface area contributed by atoms with E-state index in [1.54, 1.807) is 13.3 Å². The summed E-state index contributed by atoms with van der Waals surface area (Å²) in [6.07, 6.45) is 3.65. The van der Waals surface area contributed by atoms with Crippen molar-refractivity contribution in [1.82, 2.24) is 15.6 Å². The van der Waals surface area contributed by atoms with Gasteiger partial charge in [0.15, 0.2) is 11.1 Å². The summed E-state index contributed by atoms with van der Waals surface area (Å²) in [5.41, 5.74) is 6.73. The van der Waals surface area contributed by atoms with E-state index in [0.29, 0.717) is 24.2 Å². The molecule has 0 amide bonds. The summed E-state index contributed by atoms with van der Waals surface area (Å²) in [5.74, 6) is 0.296. The Bertz CT molecular complexity index is 424. The number of hydrogen-bond acceptors (Lipinski definition) is 4. The predicted octanol–water partition coefficient (Wildman–Crippen LogP) is 0.439. The van der Waals surface area contributed by atoms with Gasteiger partial charge in [-0.3, -0.25) is 9.98 Å². The third-order valence-corrected chi connectivity index (χ3v) is 2.69. The Morgan fingerprint density at radius 3 is 3.05 bits per heavy atom. The Labute approximate surface area is 124 Å². The first-order valence-corrected chi connectivity index (χ1v) is 6.87. The standard InChI is InChI=1S/C13H21N5OS/c1-19-10-9-16-12(14)18-13(20)17-8-4-6-11-5-2-3-7-15-11/h2-3,5,7H,4,6,8-10H2,1H3,(H4,14,16,17,18,20). The van der Waals surface area contributed by atoms with E-state index in [1.165, 1.54) is 0 Å². The molecule has 0 aromatic carbocycles. The van der Waals surface area contributed by atoms with Crippen molar-refractivity contribution in [3.05, 3.63) is 30.1 Å². The number of nitrogens with two attached hydrogens (primary N) is 1. The SMILES string of the molecule is COCCN=C(N)NC(=S)NCCCc1ccccn1. The van der Waals surface area contributed by atoms with Crippen molar-refractivity contribution in [2.45, 2.75) is 12.8 Å². The van der Waals surface area contributed by atoms with Gasteiger partial charge < -0.3 is 21.1 Å². The second kappa shape index (κ2) is 10.1. The maximum atomic E-state index is 5.66. The molecular formula is C13H21N5OS. The van der Waals surface area contributed by atoms with E-state index in [9.17, 15) is 0 Å². The molecular weight excluding hydrogens is 274 g/mol. The van der Waals surface area contributed by atoms with Crippen molar-refractivity contribution in [1.29, 1.82) is 0 Å². The van der Waals surface area contributed by atoms with Gasteiger partial charge in [0.05, 0.1) is 13.2 Å². The van der Waals surface area contributed by atoms with Crippen LogP contribution >= 0.6 is 12.2 Å². The lowest BCUT2D eigenvalue weighted by molar-refractivity contribution is 0.208. The maximum absolute atomic E-state index is 5.66. The maximum Gasteiger partial charge on any atom is 0.194 e. The summed E-state index contributed by atoms with van der Waals surface area (Å²) >= 11 is 5.11. The number of aliphatic imine (C=N–C) groups is 1. The molecule has 6 nitrogen and oxygen atoms in total. The lowest BCUT2D eigenvalue weighted by Gasteiger charge is -2.09. The molecule has 20 heavy (non-hydrogen) atoms. The number of thiocarbonyl (C=S) groups is 1. The first-order valence-electron chi connectivity index (χ1n) is 6.46. The fraction of sp³-hybridized carbons (Fsp3) is 0.462. The van der Waals surface area contributed by atoms with Gasteiger partial charge >= 0.3 is 0 Å². The van der Waals surface area contributed by atoms with Gasteiger partial charge in [0.25, 0.3) is 0 Å². The van der Waals surface area contributed by atoms with Gasteiger partial charge in [-0.05, 0) is 37.2 Å². The summed E-state index contributed by atoms with van der Waals surface area (Å²) in [5, 5.41) is 6.37. The van der Waals surface area contributed by atoms with E-state index in [1.807, 2.05) is 18.2 Å². The quantitative estimate of drug-likeness (QED) is 0.293. The van der Waals surface area contributed by atoms with E-state index < -0.39 is 0 Å². The van der Waals surface area contributed by atoms with Crippen LogP contribution < -0.4 is 16.4 Å². The lowest BCUT2D eigenvalue weighted by Crippen LogP contribution is -2.43. The smallest absolute Gasteiger partial charge is 0.194 e. The molecule has 0 aliphatic rings. The Hall–Kier alpha value is -1.73.